The van der Waals surface area contributed by atoms with Gasteiger partial charge in [0.25, 0.3) is 0 Å². The number of rotatable bonds is 4. The van der Waals surface area contributed by atoms with Gasteiger partial charge in [-0.1, -0.05) is 25.8 Å². The first-order valence-electron chi connectivity index (χ1n) is 7.46. The summed E-state index contributed by atoms with van der Waals surface area (Å²) < 4.78 is 0. The van der Waals surface area contributed by atoms with Gasteiger partial charge in [-0.2, -0.15) is 0 Å². The van der Waals surface area contributed by atoms with Gasteiger partial charge in [0.2, 0.25) is 0 Å². The summed E-state index contributed by atoms with van der Waals surface area (Å²) in [6.07, 6.45) is 10.2. The molecule has 1 aromatic heterocycles. The number of pyridine rings is 1. The van der Waals surface area contributed by atoms with Gasteiger partial charge in [0.1, 0.15) is 0 Å². The lowest BCUT2D eigenvalue weighted by atomic mass is 9.88. The molecular formula is C16H27N3. The third kappa shape index (κ3) is 3.54. The first-order valence-corrected chi connectivity index (χ1v) is 7.46. The zero-order chi connectivity index (χ0) is 13.7. The van der Waals surface area contributed by atoms with E-state index < -0.39 is 0 Å². The molecule has 1 saturated carbocycles. The van der Waals surface area contributed by atoms with Gasteiger partial charge in [0, 0.05) is 31.0 Å². The van der Waals surface area contributed by atoms with E-state index in [9.17, 15) is 0 Å². The summed E-state index contributed by atoms with van der Waals surface area (Å²) in [6.45, 7) is 4.07. The van der Waals surface area contributed by atoms with Crippen molar-refractivity contribution < 1.29 is 0 Å². The summed E-state index contributed by atoms with van der Waals surface area (Å²) >= 11 is 0. The Morgan fingerprint density at radius 2 is 2.26 bits per heavy atom. The summed E-state index contributed by atoms with van der Waals surface area (Å²) in [4.78, 5) is 6.66. The van der Waals surface area contributed by atoms with Gasteiger partial charge in [-0.3, -0.25) is 9.88 Å². The third-order valence-electron chi connectivity index (χ3n) is 4.77. The van der Waals surface area contributed by atoms with Crippen LogP contribution in [0.15, 0.2) is 24.5 Å². The van der Waals surface area contributed by atoms with Crippen LogP contribution in [0.25, 0.3) is 0 Å². The summed E-state index contributed by atoms with van der Waals surface area (Å²) in [5.74, 6) is 0.847. The number of nitrogens with zero attached hydrogens (tertiary/aromatic N) is 2. The average Bonchev–Trinajstić information content (AvgIpc) is 2.62. The number of nitrogens with two attached hydrogens (primary N) is 1. The SMILES string of the molecule is CC1CCCC(CN)(N(C)Cc2cccnc2)CC1. The first-order chi connectivity index (χ1) is 9.16. The minimum absolute atomic E-state index is 0.181. The van der Waals surface area contributed by atoms with Crippen LogP contribution in [0, 0.1) is 5.92 Å². The molecule has 1 aliphatic carbocycles. The molecule has 2 N–H and O–H groups in total. The number of likely N-dealkylation sites (N-methyl/N-ethyl adjacent to an activating group) is 1. The van der Waals surface area contributed by atoms with E-state index in [4.69, 9.17) is 5.73 Å². The Morgan fingerprint density at radius 3 is 2.95 bits per heavy atom. The van der Waals surface area contributed by atoms with E-state index in [-0.39, 0.29) is 5.54 Å². The maximum absolute atomic E-state index is 6.15. The zero-order valence-electron chi connectivity index (χ0n) is 12.3. The Hall–Kier alpha value is -0.930. The number of hydrogen-bond donors (Lipinski definition) is 1. The van der Waals surface area contributed by atoms with Crippen molar-refractivity contribution in [3.8, 4) is 0 Å². The van der Waals surface area contributed by atoms with Gasteiger partial charge in [0.05, 0.1) is 0 Å². The van der Waals surface area contributed by atoms with Gasteiger partial charge in [-0.15, -0.1) is 0 Å². The molecule has 3 nitrogen and oxygen atoms in total. The molecule has 19 heavy (non-hydrogen) atoms. The van der Waals surface area contributed by atoms with E-state index in [1.54, 1.807) is 0 Å². The Morgan fingerprint density at radius 1 is 1.42 bits per heavy atom. The van der Waals surface area contributed by atoms with E-state index in [0.29, 0.717) is 0 Å². The number of hydrogen-bond acceptors (Lipinski definition) is 3. The van der Waals surface area contributed by atoms with Crippen LogP contribution >= 0.6 is 0 Å². The molecule has 0 saturated heterocycles. The summed E-state index contributed by atoms with van der Waals surface area (Å²) in [5, 5.41) is 0. The highest BCUT2D eigenvalue weighted by atomic mass is 15.2. The van der Waals surface area contributed by atoms with Crippen LogP contribution in [-0.4, -0.2) is 29.0 Å². The summed E-state index contributed by atoms with van der Waals surface area (Å²) in [6, 6.07) is 4.15. The Kier molecular flexibility index (Phi) is 4.94. The molecule has 0 spiro atoms. The summed E-state index contributed by atoms with van der Waals surface area (Å²) in [7, 11) is 2.22. The molecule has 1 fully saturated rings. The molecule has 2 atom stereocenters. The van der Waals surface area contributed by atoms with Crippen LogP contribution in [0.1, 0.15) is 44.6 Å². The Balaban J connectivity index is 2.07. The molecule has 1 heterocycles. The maximum Gasteiger partial charge on any atom is 0.0332 e. The highest BCUT2D eigenvalue weighted by molar-refractivity contribution is 5.09. The van der Waals surface area contributed by atoms with Crippen molar-refractivity contribution in [3.63, 3.8) is 0 Å². The van der Waals surface area contributed by atoms with Crippen molar-refractivity contribution in [1.82, 2.24) is 9.88 Å². The van der Waals surface area contributed by atoms with Crippen molar-refractivity contribution in [1.29, 1.82) is 0 Å². The predicted octanol–water partition coefficient (Wildman–Crippen LogP) is 2.81. The van der Waals surface area contributed by atoms with E-state index in [1.165, 1.54) is 37.7 Å². The maximum atomic E-state index is 6.15. The molecule has 0 aromatic carbocycles. The van der Waals surface area contributed by atoms with Crippen molar-refractivity contribution in [2.75, 3.05) is 13.6 Å². The van der Waals surface area contributed by atoms with Gasteiger partial charge in [-0.25, -0.2) is 0 Å². The second-order valence-corrected chi connectivity index (χ2v) is 6.18. The zero-order valence-corrected chi connectivity index (χ0v) is 12.3. The average molecular weight is 261 g/mol. The van der Waals surface area contributed by atoms with E-state index >= 15 is 0 Å². The molecule has 3 heteroatoms. The van der Waals surface area contributed by atoms with Gasteiger partial charge >= 0.3 is 0 Å². The smallest absolute Gasteiger partial charge is 0.0332 e. The van der Waals surface area contributed by atoms with Crippen LogP contribution in [0.5, 0.6) is 0 Å². The Bertz CT molecular complexity index is 379. The molecule has 0 bridgehead atoms. The monoisotopic (exact) mass is 261 g/mol. The van der Waals surface area contributed by atoms with Gasteiger partial charge in [0.15, 0.2) is 0 Å². The highest BCUT2D eigenvalue weighted by Crippen LogP contribution is 2.34. The Labute approximate surface area is 117 Å². The van der Waals surface area contributed by atoms with Crippen molar-refractivity contribution in [3.05, 3.63) is 30.1 Å². The predicted molar refractivity (Wildman–Crippen MR) is 79.7 cm³/mol. The second kappa shape index (κ2) is 6.49. The molecule has 1 aliphatic rings. The van der Waals surface area contributed by atoms with Crippen LogP contribution < -0.4 is 5.73 Å². The molecule has 2 unspecified atom stereocenters. The minimum Gasteiger partial charge on any atom is -0.329 e. The molecular weight excluding hydrogens is 234 g/mol. The largest absolute Gasteiger partial charge is 0.329 e. The first kappa shape index (κ1) is 14.5. The summed E-state index contributed by atoms with van der Waals surface area (Å²) in [5.41, 5.74) is 7.60. The number of aromatic nitrogens is 1. The molecule has 0 radical (unpaired) electrons. The van der Waals surface area contributed by atoms with Crippen LogP contribution in [-0.2, 0) is 6.54 Å². The second-order valence-electron chi connectivity index (χ2n) is 6.18. The van der Waals surface area contributed by atoms with E-state index in [1.807, 2.05) is 18.5 Å². The lowest BCUT2D eigenvalue weighted by Gasteiger charge is -2.41. The van der Waals surface area contributed by atoms with Crippen molar-refractivity contribution >= 4 is 0 Å². The van der Waals surface area contributed by atoms with Crippen LogP contribution in [0.2, 0.25) is 0 Å². The lowest BCUT2D eigenvalue weighted by molar-refractivity contribution is 0.0986. The fraction of sp³-hybridized carbons (Fsp3) is 0.688. The van der Waals surface area contributed by atoms with Gasteiger partial charge in [-0.05, 0) is 43.9 Å². The van der Waals surface area contributed by atoms with E-state index in [0.717, 1.165) is 19.0 Å². The van der Waals surface area contributed by atoms with Crippen molar-refractivity contribution in [2.45, 2.75) is 51.1 Å². The van der Waals surface area contributed by atoms with Crippen LogP contribution in [0.3, 0.4) is 0 Å². The minimum atomic E-state index is 0.181. The molecule has 106 valence electrons. The molecule has 0 amide bonds. The van der Waals surface area contributed by atoms with E-state index in [2.05, 4.69) is 29.9 Å². The van der Waals surface area contributed by atoms with Crippen molar-refractivity contribution in [2.24, 2.45) is 11.7 Å². The lowest BCUT2D eigenvalue weighted by Crippen LogP contribution is -2.51. The molecule has 0 aliphatic heterocycles. The molecule has 1 aromatic rings. The fourth-order valence-corrected chi connectivity index (χ4v) is 3.24. The quantitative estimate of drug-likeness (QED) is 0.847. The highest BCUT2D eigenvalue weighted by Gasteiger charge is 2.34. The van der Waals surface area contributed by atoms with Gasteiger partial charge < -0.3 is 5.73 Å². The third-order valence-corrected chi connectivity index (χ3v) is 4.77. The van der Waals surface area contributed by atoms with Crippen LogP contribution in [0.4, 0.5) is 0 Å². The standard InChI is InChI=1S/C16H27N3/c1-14-5-3-8-16(13-17,9-7-14)19(2)12-15-6-4-10-18-11-15/h4,6,10-11,14H,3,5,7-9,12-13,17H2,1-2H3. The normalized spacial score (nSPS) is 28.3. The topological polar surface area (TPSA) is 42.1 Å². The molecule has 2 rings (SSSR count). The fourth-order valence-electron chi connectivity index (χ4n) is 3.24.